The number of nitrogens with zero attached hydrogens (tertiary/aromatic N) is 4. The highest BCUT2D eigenvalue weighted by molar-refractivity contribution is 5.69. The van der Waals surface area contributed by atoms with E-state index in [0.717, 1.165) is 12.8 Å². The van der Waals surface area contributed by atoms with Gasteiger partial charge in [0.2, 0.25) is 5.82 Å². The van der Waals surface area contributed by atoms with Crippen molar-refractivity contribution in [3.05, 3.63) is 12.2 Å². The van der Waals surface area contributed by atoms with Crippen molar-refractivity contribution in [3.63, 3.8) is 0 Å². The average Bonchev–Trinajstić information content (AvgIpc) is 2.85. The number of hydrogen-bond donors (Lipinski definition) is 0. The number of rotatable bonds is 4. The van der Waals surface area contributed by atoms with Gasteiger partial charge in [-0.15, -0.1) is 10.2 Å². The molecule has 6 nitrogen and oxygen atoms in total. The standard InChI is InChI=1S/C15H22N4O2/c1-10(2)12-5-4-11(3)6-13(12)21-15(20)8-19-9-17-18-14(19)7-16/h9-13H,4-6,8H2,1-3H3. The molecule has 1 aromatic rings. The van der Waals surface area contributed by atoms with Crippen LogP contribution in [-0.4, -0.2) is 26.8 Å². The van der Waals surface area contributed by atoms with E-state index in [-0.39, 0.29) is 24.4 Å². The molecule has 0 amide bonds. The summed E-state index contributed by atoms with van der Waals surface area (Å²) in [6.07, 6.45) is 4.57. The third-order valence-corrected chi connectivity index (χ3v) is 4.26. The van der Waals surface area contributed by atoms with Gasteiger partial charge in [0.1, 0.15) is 25.0 Å². The fraction of sp³-hybridized carbons (Fsp3) is 0.733. The molecule has 0 radical (unpaired) electrons. The molecule has 0 saturated heterocycles. The van der Waals surface area contributed by atoms with Gasteiger partial charge in [-0.2, -0.15) is 5.26 Å². The molecule has 21 heavy (non-hydrogen) atoms. The maximum Gasteiger partial charge on any atom is 0.326 e. The number of carbonyl (C=O) groups is 1. The summed E-state index contributed by atoms with van der Waals surface area (Å²) >= 11 is 0. The molecule has 1 aliphatic carbocycles. The molecule has 0 spiro atoms. The Morgan fingerprint density at radius 3 is 3.00 bits per heavy atom. The van der Waals surface area contributed by atoms with Gasteiger partial charge in [0.05, 0.1) is 0 Å². The first-order valence-electron chi connectivity index (χ1n) is 7.48. The zero-order chi connectivity index (χ0) is 15.4. The molecule has 3 atom stereocenters. The maximum atomic E-state index is 12.1. The molecule has 6 heteroatoms. The van der Waals surface area contributed by atoms with Crippen LogP contribution < -0.4 is 0 Å². The highest BCUT2D eigenvalue weighted by atomic mass is 16.5. The summed E-state index contributed by atoms with van der Waals surface area (Å²) in [5, 5.41) is 16.1. The number of hydrogen-bond acceptors (Lipinski definition) is 5. The van der Waals surface area contributed by atoms with Crippen LogP contribution in [0.3, 0.4) is 0 Å². The Labute approximate surface area is 125 Å². The topological polar surface area (TPSA) is 80.8 Å². The lowest BCUT2D eigenvalue weighted by molar-refractivity contribution is -0.156. The fourth-order valence-electron chi connectivity index (χ4n) is 3.05. The van der Waals surface area contributed by atoms with Crippen molar-refractivity contribution in [1.29, 1.82) is 5.26 Å². The normalized spacial score (nSPS) is 25.6. The molecule has 0 aromatic carbocycles. The number of carbonyl (C=O) groups excluding carboxylic acids is 1. The van der Waals surface area contributed by atoms with E-state index >= 15 is 0 Å². The smallest absolute Gasteiger partial charge is 0.326 e. The lowest BCUT2D eigenvalue weighted by Gasteiger charge is -2.36. The first-order chi connectivity index (χ1) is 10.0. The summed E-state index contributed by atoms with van der Waals surface area (Å²) in [7, 11) is 0. The first kappa shape index (κ1) is 15.5. The second-order valence-electron chi connectivity index (χ2n) is 6.25. The summed E-state index contributed by atoms with van der Waals surface area (Å²) in [6.45, 7) is 6.54. The van der Waals surface area contributed by atoms with Gasteiger partial charge < -0.3 is 4.74 Å². The molecule has 1 fully saturated rings. The lowest BCUT2D eigenvalue weighted by Crippen LogP contribution is -2.36. The predicted molar refractivity (Wildman–Crippen MR) is 76.0 cm³/mol. The fourth-order valence-corrected chi connectivity index (χ4v) is 3.05. The van der Waals surface area contributed by atoms with Crippen LogP contribution >= 0.6 is 0 Å². The zero-order valence-corrected chi connectivity index (χ0v) is 12.8. The Hall–Kier alpha value is -1.90. The van der Waals surface area contributed by atoms with Gasteiger partial charge in [-0.05, 0) is 30.6 Å². The third-order valence-electron chi connectivity index (χ3n) is 4.26. The SMILES string of the molecule is CC1CCC(C(C)C)C(OC(=O)Cn2cnnc2C#N)C1. The zero-order valence-electron chi connectivity index (χ0n) is 12.8. The van der Waals surface area contributed by atoms with Crippen molar-refractivity contribution in [3.8, 4) is 6.07 Å². The van der Waals surface area contributed by atoms with Crippen LogP contribution in [0.25, 0.3) is 0 Å². The average molecular weight is 290 g/mol. The van der Waals surface area contributed by atoms with Gasteiger partial charge in [-0.25, -0.2) is 0 Å². The van der Waals surface area contributed by atoms with Gasteiger partial charge in [0.15, 0.2) is 0 Å². The molecule has 0 bridgehead atoms. The van der Waals surface area contributed by atoms with Gasteiger partial charge in [-0.3, -0.25) is 9.36 Å². The van der Waals surface area contributed by atoms with Crippen LogP contribution in [-0.2, 0) is 16.1 Å². The van der Waals surface area contributed by atoms with Crippen LogP contribution in [0.5, 0.6) is 0 Å². The summed E-state index contributed by atoms with van der Waals surface area (Å²) in [5.74, 6) is 1.31. The van der Waals surface area contributed by atoms with E-state index in [9.17, 15) is 4.79 Å². The summed E-state index contributed by atoms with van der Waals surface area (Å²) in [4.78, 5) is 12.1. The number of aromatic nitrogens is 3. The quantitative estimate of drug-likeness (QED) is 0.794. The summed E-state index contributed by atoms with van der Waals surface area (Å²) < 4.78 is 7.10. The maximum absolute atomic E-state index is 12.1. The lowest BCUT2D eigenvalue weighted by atomic mass is 9.75. The number of ether oxygens (including phenoxy) is 1. The first-order valence-corrected chi connectivity index (χ1v) is 7.48. The highest BCUT2D eigenvalue weighted by Crippen LogP contribution is 2.35. The molecule has 0 aliphatic heterocycles. The van der Waals surface area contributed by atoms with Gasteiger partial charge in [0, 0.05) is 0 Å². The molecule has 1 saturated carbocycles. The Kier molecular flexibility index (Phi) is 4.94. The van der Waals surface area contributed by atoms with Crippen LogP contribution in [0.15, 0.2) is 6.33 Å². The highest BCUT2D eigenvalue weighted by Gasteiger charge is 2.33. The molecule has 1 aliphatic rings. The van der Waals surface area contributed by atoms with Crippen LogP contribution in [0.4, 0.5) is 0 Å². The molecule has 1 aromatic heterocycles. The van der Waals surface area contributed by atoms with Crippen molar-refractivity contribution in [2.75, 3.05) is 0 Å². The monoisotopic (exact) mass is 290 g/mol. The Morgan fingerprint density at radius 2 is 2.33 bits per heavy atom. The van der Waals surface area contributed by atoms with E-state index in [4.69, 9.17) is 10.00 Å². The predicted octanol–water partition coefficient (Wildman–Crippen LogP) is 2.15. The van der Waals surface area contributed by atoms with Gasteiger partial charge >= 0.3 is 5.97 Å². The van der Waals surface area contributed by atoms with Crippen molar-refractivity contribution >= 4 is 5.97 Å². The molecule has 0 N–H and O–H groups in total. The minimum atomic E-state index is -0.323. The second-order valence-corrected chi connectivity index (χ2v) is 6.25. The third kappa shape index (κ3) is 3.81. The van der Waals surface area contributed by atoms with E-state index in [1.807, 2.05) is 6.07 Å². The molecule has 1 heterocycles. The van der Waals surface area contributed by atoms with E-state index in [2.05, 4.69) is 31.0 Å². The van der Waals surface area contributed by atoms with Crippen LogP contribution in [0.2, 0.25) is 0 Å². The molecular formula is C15H22N4O2. The van der Waals surface area contributed by atoms with Gasteiger partial charge in [0.25, 0.3) is 0 Å². The van der Waals surface area contributed by atoms with E-state index in [1.54, 1.807) is 0 Å². The number of nitriles is 1. The minimum Gasteiger partial charge on any atom is -0.461 e. The molecule has 2 rings (SSSR count). The Balaban J connectivity index is 1.98. The largest absolute Gasteiger partial charge is 0.461 e. The van der Waals surface area contributed by atoms with Crippen molar-refractivity contribution < 1.29 is 9.53 Å². The Bertz CT molecular complexity index is 532. The summed E-state index contributed by atoms with van der Waals surface area (Å²) in [5.41, 5.74) is 0. The van der Waals surface area contributed by atoms with Crippen LogP contribution in [0.1, 0.15) is 45.9 Å². The van der Waals surface area contributed by atoms with Crippen molar-refractivity contribution in [2.45, 2.75) is 52.7 Å². The van der Waals surface area contributed by atoms with E-state index < -0.39 is 0 Å². The van der Waals surface area contributed by atoms with Crippen molar-refractivity contribution in [2.24, 2.45) is 17.8 Å². The van der Waals surface area contributed by atoms with E-state index in [1.165, 1.54) is 17.3 Å². The van der Waals surface area contributed by atoms with Crippen molar-refractivity contribution in [1.82, 2.24) is 14.8 Å². The second kappa shape index (κ2) is 6.70. The van der Waals surface area contributed by atoms with E-state index in [0.29, 0.717) is 17.8 Å². The van der Waals surface area contributed by atoms with Gasteiger partial charge in [-0.1, -0.05) is 27.2 Å². The Morgan fingerprint density at radius 1 is 1.57 bits per heavy atom. The minimum absolute atomic E-state index is 0.00834. The summed E-state index contributed by atoms with van der Waals surface area (Å²) in [6, 6.07) is 1.90. The molecular weight excluding hydrogens is 268 g/mol. The number of esters is 1. The molecule has 3 unspecified atom stereocenters. The molecule has 114 valence electrons. The van der Waals surface area contributed by atoms with Crippen LogP contribution in [0, 0.1) is 29.1 Å².